The standard InChI is InChI=1S/C16H13N5O3S2/c22-13-4-3-10(19-20-13)15(24)21-6-5-9-12(8-21)26-16(17-9)18-14(23)11-2-1-7-25-11/h1-4,7H,5-6,8H2,(H,20,22)(H,17,18,23). The maximum absolute atomic E-state index is 12.5. The van der Waals surface area contributed by atoms with Crippen LogP contribution in [0.1, 0.15) is 30.7 Å². The number of nitrogens with zero attached hydrogens (tertiary/aromatic N) is 3. The van der Waals surface area contributed by atoms with Crippen LogP contribution in [0.25, 0.3) is 0 Å². The Kier molecular flexibility index (Phi) is 4.35. The van der Waals surface area contributed by atoms with Crippen molar-refractivity contribution in [1.82, 2.24) is 20.1 Å². The fourth-order valence-electron chi connectivity index (χ4n) is 2.61. The minimum atomic E-state index is -0.351. The number of carbonyl (C=O) groups excluding carboxylic acids is 2. The van der Waals surface area contributed by atoms with Crippen LogP contribution < -0.4 is 10.9 Å². The van der Waals surface area contributed by atoms with Crippen LogP contribution in [0.2, 0.25) is 0 Å². The minimum Gasteiger partial charge on any atom is -0.332 e. The van der Waals surface area contributed by atoms with Crippen molar-refractivity contribution in [3.05, 3.63) is 61.1 Å². The number of fused-ring (bicyclic) bond motifs is 1. The normalized spacial score (nSPS) is 13.3. The van der Waals surface area contributed by atoms with Crippen LogP contribution in [0, 0.1) is 0 Å². The Labute approximate surface area is 155 Å². The third-order valence-corrected chi connectivity index (χ3v) is 5.75. The third kappa shape index (κ3) is 3.28. The number of hydrogen-bond donors (Lipinski definition) is 2. The van der Waals surface area contributed by atoms with Crippen molar-refractivity contribution < 1.29 is 9.59 Å². The molecule has 0 bridgehead atoms. The number of anilines is 1. The number of H-pyrrole nitrogens is 1. The van der Waals surface area contributed by atoms with Gasteiger partial charge < -0.3 is 4.90 Å². The van der Waals surface area contributed by atoms with Gasteiger partial charge in [-0.15, -0.1) is 11.3 Å². The van der Waals surface area contributed by atoms with Crippen molar-refractivity contribution in [2.75, 3.05) is 11.9 Å². The zero-order chi connectivity index (χ0) is 18.1. The highest BCUT2D eigenvalue weighted by molar-refractivity contribution is 7.16. The number of carbonyl (C=O) groups is 2. The number of nitrogens with one attached hydrogen (secondary N) is 2. The number of hydrogen-bond acceptors (Lipinski definition) is 7. The summed E-state index contributed by atoms with van der Waals surface area (Å²) in [5.41, 5.74) is 0.745. The molecule has 8 nitrogen and oxygen atoms in total. The van der Waals surface area contributed by atoms with Gasteiger partial charge in [0, 0.05) is 23.9 Å². The summed E-state index contributed by atoms with van der Waals surface area (Å²) in [5, 5.41) is 11.2. The summed E-state index contributed by atoms with van der Waals surface area (Å²) in [6, 6.07) is 6.27. The molecule has 0 aliphatic carbocycles. The summed E-state index contributed by atoms with van der Waals surface area (Å²) < 4.78 is 0. The Morgan fingerprint density at radius 1 is 1.27 bits per heavy atom. The van der Waals surface area contributed by atoms with Gasteiger partial charge in [0.15, 0.2) is 5.13 Å². The predicted molar refractivity (Wildman–Crippen MR) is 97.7 cm³/mol. The molecule has 4 rings (SSSR count). The first-order chi connectivity index (χ1) is 12.6. The Hall–Kier alpha value is -2.85. The van der Waals surface area contributed by atoms with Gasteiger partial charge in [-0.2, -0.15) is 5.10 Å². The van der Waals surface area contributed by atoms with Gasteiger partial charge in [0.2, 0.25) is 0 Å². The Balaban J connectivity index is 1.48. The molecule has 0 spiro atoms. The first-order valence-electron chi connectivity index (χ1n) is 7.78. The molecular weight excluding hydrogens is 374 g/mol. The van der Waals surface area contributed by atoms with E-state index in [1.165, 1.54) is 34.8 Å². The maximum atomic E-state index is 12.5. The van der Waals surface area contributed by atoms with E-state index in [1.807, 2.05) is 11.4 Å². The molecule has 10 heteroatoms. The zero-order valence-electron chi connectivity index (χ0n) is 13.4. The van der Waals surface area contributed by atoms with Gasteiger partial charge >= 0.3 is 0 Å². The molecule has 0 atom stereocenters. The molecular formula is C16H13N5O3S2. The van der Waals surface area contributed by atoms with E-state index in [0.29, 0.717) is 29.5 Å². The fourth-order valence-corrected chi connectivity index (χ4v) is 4.25. The number of thiazole rings is 1. The van der Waals surface area contributed by atoms with E-state index < -0.39 is 0 Å². The molecule has 0 fully saturated rings. The largest absolute Gasteiger partial charge is 0.332 e. The molecule has 0 saturated carbocycles. The smallest absolute Gasteiger partial charge is 0.274 e. The minimum absolute atomic E-state index is 0.184. The molecule has 0 saturated heterocycles. The lowest BCUT2D eigenvalue weighted by atomic mass is 10.1. The highest BCUT2D eigenvalue weighted by Crippen LogP contribution is 2.29. The van der Waals surface area contributed by atoms with Gasteiger partial charge in [-0.05, 0) is 17.5 Å². The van der Waals surface area contributed by atoms with Crippen LogP contribution in [0.5, 0.6) is 0 Å². The van der Waals surface area contributed by atoms with E-state index in [2.05, 4.69) is 20.5 Å². The van der Waals surface area contributed by atoms with Crippen molar-refractivity contribution in [3.63, 3.8) is 0 Å². The van der Waals surface area contributed by atoms with Crippen molar-refractivity contribution >= 4 is 39.6 Å². The molecule has 1 aliphatic heterocycles. The highest BCUT2D eigenvalue weighted by Gasteiger charge is 2.26. The number of amides is 2. The van der Waals surface area contributed by atoms with Crippen molar-refractivity contribution in [1.29, 1.82) is 0 Å². The Morgan fingerprint density at radius 3 is 2.88 bits per heavy atom. The number of aromatic nitrogens is 3. The van der Waals surface area contributed by atoms with Crippen molar-refractivity contribution in [2.24, 2.45) is 0 Å². The van der Waals surface area contributed by atoms with E-state index in [9.17, 15) is 14.4 Å². The van der Waals surface area contributed by atoms with Crippen LogP contribution in [0.4, 0.5) is 5.13 Å². The van der Waals surface area contributed by atoms with Gasteiger partial charge in [0.05, 0.1) is 17.1 Å². The summed E-state index contributed by atoms with van der Waals surface area (Å²) >= 11 is 2.74. The van der Waals surface area contributed by atoms with Crippen molar-refractivity contribution in [2.45, 2.75) is 13.0 Å². The molecule has 3 aromatic rings. The van der Waals surface area contributed by atoms with Gasteiger partial charge in [-0.25, -0.2) is 10.1 Å². The summed E-state index contributed by atoms with van der Waals surface area (Å²) in [4.78, 5) is 43.4. The third-order valence-electron chi connectivity index (χ3n) is 3.88. The molecule has 132 valence electrons. The van der Waals surface area contributed by atoms with E-state index in [1.54, 1.807) is 11.0 Å². The second-order valence-electron chi connectivity index (χ2n) is 5.60. The average Bonchev–Trinajstić information content (AvgIpc) is 3.30. The summed E-state index contributed by atoms with van der Waals surface area (Å²) in [5.74, 6) is -0.430. The molecule has 2 N–H and O–H groups in total. The zero-order valence-corrected chi connectivity index (χ0v) is 15.0. The van der Waals surface area contributed by atoms with Crippen LogP contribution in [0.15, 0.2) is 34.4 Å². The summed E-state index contributed by atoms with van der Waals surface area (Å²) in [7, 11) is 0. The van der Waals surface area contributed by atoms with Crippen LogP contribution in [-0.4, -0.2) is 38.4 Å². The summed E-state index contributed by atoms with van der Waals surface area (Å²) in [6.45, 7) is 0.913. The van der Waals surface area contributed by atoms with E-state index in [0.717, 1.165) is 10.6 Å². The SMILES string of the molecule is O=C(Nc1nc2c(s1)CN(C(=O)c1ccc(=O)[nH]n1)CC2)c1cccs1. The number of aromatic amines is 1. The van der Waals surface area contributed by atoms with Crippen LogP contribution in [-0.2, 0) is 13.0 Å². The fraction of sp³-hybridized carbons (Fsp3) is 0.188. The van der Waals surface area contributed by atoms with Crippen LogP contribution in [0.3, 0.4) is 0 Å². The molecule has 4 heterocycles. The van der Waals surface area contributed by atoms with Gasteiger partial charge in [0.1, 0.15) is 5.69 Å². The summed E-state index contributed by atoms with van der Waals surface area (Å²) in [6.07, 6.45) is 0.607. The second kappa shape index (κ2) is 6.81. The van der Waals surface area contributed by atoms with Gasteiger partial charge in [-0.3, -0.25) is 19.7 Å². The molecule has 0 aromatic carbocycles. The molecule has 26 heavy (non-hydrogen) atoms. The van der Waals surface area contributed by atoms with Crippen molar-refractivity contribution in [3.8, 4) is 0 Å². The lowest BCUT2D eigenvalue weighted by molar-refractivity contribution is 0.0728. The Morgan fingerprint density at radius 2 is 2.15 bits per heavy atom. The monoisotopic (exact) mass is 387 g/mol. The molecule has 0 radical (unpaired) electrons. The number of thiophene rings is 1. The molecule has 3 aromatic heterocycles. The lowest BCUT2D eigenvalue weighted by Gasteiger charge is -2.25. The molecule has 0 unspecified atom stereocenters. The average molecular weight is 387 g/mol. The van der Waals surface area contributed by atoms with E-state index >= 15 is 0 Å². The van der Waals surface area contributed by atoms with Gasteiger partial charge in [-0.1, -0.05) is 17.4 Å². The Bertz CT molecular complexity index is 1000. The topological polar surface area (TPSA) is 108 Å². The maximum Gasteiger partial charge on any atom is 0.274 e. The second-order valence-corrected chi connectivity index (χ2v) is 7.63. The molecule has 1 aliphatic rings. The molecule has 2 amide bonds. The van der Waals surface area contributed by atoms with Crippen LogP contribution >= 0.6 is 22.7 Å². The first-order valence-corrected chi connectivity index (χ1v) is 9.48. The lowest BCUT2D eigenvalue weighted by Crippen LogP contribution is -2.36. The first kappa shape index (κ1) is 16.6. The quantitative estimate of drug-likeness (QED) is 0.712. The van der Waals surface area contributed by atoms with E-state index in [4.69, 9.17) is 0 Å². The predicted octanol–water partition coefficient (Wildman–Crippen LogP) is 1.74. The van der Waals surface area contributed by atoms with E-state index in [-0.39, 0.29) is 23.1 Å². The highest BCUT2D eigenvalue weighted by atomic mass is 32.1. The van der Waals surface area contributed by atoms with Gasteiger partial charge in [0.25, 0.3) is 17.4 Å². The number of rotatable bonds is 3.